The van der Waals surface area contributed by atoms with Crippen LogP contribution in [0.5, 0.6) is 5.75 Å². The van der Waals surface area contributed by atoms with Gasteiger partial charge in [0.05, 0.1) is 18.9 Å². The molecule has 8 nitrogen and oxygen atoms in total. The van der Waals surface area contributed by atoms with E-state index in [1.54, 1.807) is 37.5 Å². The lowest BCUT2D eigenvalue weighted by Gasteiger charge is -2.22. The van der Waals surface area contributed by atoms with Crippen molar-refractivity contribution >= 4 is 40.0 Å². The normalized spacial score (nSPS) is 11.8. The van der Waals surface area contributed by atoms with Gasteiger partial charge in [-0.3, -0.25) is 9.59 Å². The van der Waals surface area contributed by atoms with Gasteiger partial charge in [-0.15, -0.1) is 16.8 Å². The zero-order chi connectivity index (χ0) is 27.1. The average molecular weight is 530 g/mol. The molecule has 1 atom stereocenters. The lowest BCUT2D eigenvalue weighted by atomic mass is 10.0. The first-order valence-corrected chi connectivity index (χ1v) is 13.3. The van der Waals surface area contributed by atoms with Crippen LogP contribution >= 0.6 is 11.8 Å². The van der Waals surface area contributed by atoms with Crippen LogP contribution in [0, 0.1) is 5.92 Å². The smallest absolute Gasteiger partial charge is 0.251 e. The van der Waals surface area contributed by atoms with E-state index in [4.69, 9.17) is 4.74 Å². The predicted octanol–water partition coefficient (Wildman–Crippen LogP) is 5.48. The van der Waals surface area contributed by atoms with E-state index in [0.717, 1.165) is 16.5 Å². The molecule has 4 aromatic rings. The number of hydrogen-bond donors (Lipinski definition) is 2. The highest BCUT2D eigenvalue weighted by molar-refractivity contribution is 7.99. The standard InChI is InChI=1S/C29H31N5O3S/c1-5-17-34-27(26(19(2)3)31-28(36)21-13-15-22(37-4)16-14-21)32-33-29(34)38-18-25(35)30-24-12-8-10-20-9-6-7-11-23(20)24/h5-16,19,26H,1,17-18H2,2-4H3,(H,30,35)(H,31,36). The van der Waals surface area contributed by atoms with Crippen molar-refractivity contribution in [2.24, 2.45) is 5.92 Å². The van der Waals surface area contributed by atoms with Crippen LogP contribution in [0.15, 0.2) is 84.5 Å². The number of nitrogens with one attached hydrogen (secondary N) is 2. The maximum atomic E-state index is 13.0. The lowest BCUT2D eigenvalue weighted by Crippen LogP contribution is -2.33. The Kier molecular flexibility index (Phi) is 8.81. The van der Waals surface area contributed by atoms with Gasteiger partial charge in [0.1, 0.15) is 5.75 Å². The summed E-state index contributed by atoms with van der Waals surface area (Å²) in [6.45, 7) is 8.32. The number of carbonyl (C=O) groups is 2. The van der Waals surface area contributed by atoms with E-state index >= 15 is 0 Å². The number of fused-ring (bicyclic) bond motifs is 1. The summed E-state index contributed by atoms with van der Waals surface area (Å²) < 4.78 is 7.07. The molecule has 0 aliphatic heterocycles. The molecule has 0 saturated carbocycles. The first-order chi connectivity index (χ1) is 18.4. The highest BCUT2D eigenvalue weighted by Crippen LogP contribution is 2.27. The van der Waals surface area contributed by atoms with Crippen molar-refractivity contribution in [1.82, 2.24) is 20.1 Å². The molecule has 0 bridgehead atoms. The molecular formula is C29H31N5O3S. The van der Waals surface area contributed by atoms with Gasteiger partial charge in [-0.1, -0.05) is 68.1 Å². The van der Waals surface area contributed by atoms with Crippen molar-refractivity contribution in [3.8, 4) is 5.75 Å². The molecule has 196 valence electrons. The topological polar surface area (TPSA) is 98.1 Å². The summed E-state index contributed by atoms with van der Waals surface area (Å²) in [6.07, 6.45) is 1.75. The quantitative estimate of drug-likeness (QED) is 0.197. The number of thioether (sulfide) groups is 1. The first kappa shape index (κ1) is 26.9. The number of nitrogens with zero attached hydrogens (tertiary/aromatic N) is 3. The number of hydrogen-bond acceptors (Lipinski definition) is 6. The number of carbonyl (C=O) groups excluding carboxylic acids is 2. The molecule has 4 rings (SSSR count). The van der Waals surface area contributed by atoms with Crippen LogP contribution in [0.1, 0.15) is 36.1 Å². The highest BCUT2D eigenvalue weighted by atomic mass is 32.2. The Balaban J connectivity index is 1.48. The van der Waals surface area contributed by atoms with Crippen LogP contribution in [0.25, 0.3) is 10.8 Å². The van der Waals surface area contributed by atoms with Gasteiger partial charge in [0.2, 0.25) is 5.91 Å². The number of benzene rings is 3. The third-order valence-electron chi connectivity index (χ3n) is 6.04. The molecule has 3 aromatic carbocycles. The fourth-order valence-electron chi connectivity index (χ4n) is 4.08. The van der Waals surface area contributed by atoms with Crippen molar-refractivity contribution in [3.63, 3.8) is 0 Å². The minimum atomic E-state index is -0.393. The molecule has 0 fully saturated rings. The minimum absolute atomic E-state index is 0.0393. The van der Waals surface area contributed by atoms with Crippen LogP contribution in [-0.4, -0.2) is 39.4 Å². The largest absolute Gasteiger partial charge is 0.497 e. The van der Waals surface area contributed by atoms with Gasteiger partial charge in [0, 0.05) is 23.2 Å². The van der Waals surface area contributed by atoms with E-state index in [2.05, 4.69) is 27.4 Å². The number of amides is 2. The Morgan fingerprint density at radius 3 is 2.50 bits per heavy atom. The molecule has 0 saturated heterocycles. The van der Waals surface area contributed by atoms with Gasteiger partial charge in [0.25, 0.3) is 5.91 Å². The van der Waals surface area contributed by atoms with Gasteiger partial charge < -0.3 is 19.9 Å². The third-order valence-corrected chi connectivity index (χ3v) is 7.00. The van der Waals surface area contributed by atoms with Crippen molar-refractivity contribution < 1.29 is 14.3 Å². The van der Waals surface area contributed by atoms with Crippen molar-refractivity contribution in [3.05, 3.63) is 90.8 Å². The Morgan fingerprint density at radius 1 is 1.05 bits per heavy atom. The summed E-state index contributed by atoms with van der Waals surface area (Å²) in [5.41, 5.74) is 1.29. The number of rotatable bonds is 11. The molecule has 1 heterocycles. The second-order valence-electron chi connectivity index (χ2n) is 9.03. The van der Waals surface area contributed by atoms with Gasteiger partial charge >= 0.3 is 0 Å². The average Bonchev–Trinajstić information content (AvgIpc) is 3.32. The molecule has 0 spiro atoms. The number of aromatic nitrogens is 3. The molecule has 0 radical (unpaired) electrons. The van der Waals surface area contributed by atoms with Crippen molar-refractivity contribution in [1.29, 1.82) is 0 Å². The summed E-state index contributed by atoms with van der Waals surface area (Å²) in [5, 5.41) is 17.5. The molecule has 1 unspecified atom stereocenters. The molecule has 38 heavy (non-hydrogen) atoms. The number of allylic oxidation sites excluding steroid dienone is 1. The van der Waals surface area contributed by atoms with E-state index in [1.807, 2.05) is 60.9 Å². The van der Waals surface area contributed by atoms with E-state index in [1.165, 1.54) is 11.8 Å². The molecule has 9 heteroatoms. The zero-order valence-corrected chi connectivity index (χ0v) is 22.5. The first-order valence-electron chi connectivity index (χ1n) is 12.3. The molecule has 2 amide bonds. The maximum absolute atomic E-state index is 13.0. The lowest BCUT2D eigenvalue weighted by molar-refractivity contribution is -0.113. The fraction of sp³-hybridized carbons (Fsp3) is 0.241. The SMILES string of the molecule is C=CCn1c(SCC(=O)Nc2cccc3ccccc23)nnc1C(NC(=O)c1ccc(OC)cc1)C(C)C. The molecule has 1 aromatic heterocycles. The predicted molar refractivity (Wildman–Crippen MR) is 152 cm³/mol. The number of ether oxygens (including phenoxy) is 1. The highest BCUT2D eigenvalue weighted by Gasteiger charge is 2.26. The molecule has 2 N–H and O–H groups in total. The summed E-state index contributed by atoms with van der Waals surface area (Å²) in [5.74, 6) is 1.12. The number of anilines is 1. The van der Waals surface area contributed by atoms with Crippen molar-refractivity contribution in [2.75, 3.05) is 18.2 Å². The number of methoxy groups -OCH3 is 1. The van der Waals surface area contributed by atoms with Crippen LogP contribution in [0.4, 0.5) is 5.69 Å². The second-order valence-corrected chi connectivity index (χ2v) is 9.97. The fourth-order valence-corrected chi connectivity index (χ4v) is 4.84. The molecular weight excluding hydrogens is 498 g/mol. The van der Waals surface area contributed by atoms with Crippen molar-refractivity contribution in [2.45, 2.75) is 31.6 Å². The third kappa shape index (κ3) is 6.23. The van der Waals surface area contributed by atoms with Gasteiger partial charge in [0.15, 0.2) is 11.0 Å². The molecule has 0 aliphatic carbocycles. The Morgan fingerprint density at radius 2 is 1.79 bits per heavy atom. The maximum Gasteiger partial charge on any atom is 0.251 e. The summed E-state index contributed by atoms with van der Waals surface area (Å²) in [4.78, 5) is 25.8. The van der Waals surface area contributed by atoms with Crippen LogP contribution in [-0.2, 0) is 11.3 Å². The second kappa shape index (κ2) is 12.4. The Hall–Kier alpha value is -4.11. The van der Waals surface area contributed by atoms with Gasteiger partial charge in [-0.25, -0.2) is 0 Å². The summed E-state index contributed by atoms with van der Waals surface area (Å²) in [7, 11) is 1.58. The van der Waals surface area contributed by atoms with Gasteiger partial charge in [-0.2, -0.15) is 0 Å². The Labute approximate surface area is 226 Å². The molecule has 0 aliphatic rings. The van der Waals surface area contributed by atoms with Crippen LogP contribution < -0.4 is 15.4 Å². The van der Waals surface area contributed by atoms with E-state index in [-0.39, 0.29) is 23.5 Å². The summed E-state index contributed by atoms with van der Waals surface area (Å²) in [6, 6.07) is 20.3. The minimum Gasteiger partial charge on any atom is -0.497 e. The Bertz CT molecular complexity index is 1430. The van der Waals surface area contributed by atoms with Crippen LogP contribution in [0.2, 0.25) is 0 Å². The van der Waals surface area contributed by atoms with Gasteiger partial charge in [-0.05, 0) is 41.6 Å². The van der Waals surface area contributed by atoms with Crippen LogP contribution in [0.3, 0.4) is 0 Å². The summed E-state index contributed by atoms with van der Waals surface area (Å²) >= 11 is 1.29. The van der Waals surface area contributed by atoms with E-state index in [9.17, 15) is 9.59 Å². The van der Waals surface area contributed by atoms with E-state index < -0.39 is 6.04 Å². The van der Waals surface area contributed by atoms with E-state index in [0.29, 0.717) is 28.8 Å². The monoisotopic (exact) mass is 529 g/mol. The zero-order valence-electron chi connectivity index (χ0n) is 21.7.